The number of furan rings is 1. The van der Waals surface area contributed by atoms with Gasteiger partial charge < -0.3 is 19.4 Å². The van der Waals surface area contributed by atoms with Gasteiger partial charge in [-0.1, -0.05) is 30.3 Å². The van der Waals surface area contributed by atoms with Gasteiger partial charge in [-0.2, -0.15) is 0 Å². The van der Waals surface area contributed by atoms with Crippen LogP contribution in [0.5, 0.6) is 5.75 Å². The van der Waals surface area contributed by atoms with Gasteiger partial charge in [0.25, 0.3) is 0 Å². The number of nitrogens with one attached hydrogen (secondary N) is 1. The second-order valence-electron chi connectivity index (χ2n) is 7.72. The average Bonchev–Trinajstić information content (AvgIpc) is 3.20. The Morgan fingerprint density at radius 1 is 1.06 bits per heavy atom. The van der Waals surface area contributed by atoms with Crippen molar-refractivity contribution in [3.8, 4) is 5.75 Å². The number of piperazine rings is 1. The van der Waals surface area contributed by atoms with Gasteiger partial charge in [-0.05, 0) is 17.7 Å². The maximum absolute atomic E-state index is 12.8. The largest absolute Gasteiger partial charge is 0.497 e. The summed E-state index contributed by atoms with van der Waals surface area (Å²) in [4.78, 5) is 29.0. The predicted octanol–water partition coefficient (Wildman–Crippen LogP) is 2.44. The minimum Gasteiger partial charge on any atom is -0.497 e. The van der Waals surface area contributed by atoms with E-state index in [1.165, 1.54) is 0 Å². The fourth-order valence-electron chi connectivity index (χ4n) is 3.81. The number of benzene rings is 2. The number of ether oxygens (including phenoxy) is 1. The molecule has 2 amide bonds. The lowest BCUT2D eigenvalue weighted by molar-refractivity contribution is -0.132. The van der Waals surface area contributed by atoms with E-state index < -0.39 is 0 Å². The van der Waals surface area contributed by atoms with Crippen LogP contribution in [0.4, 0.5) is 0 Å². The molecule has 3 aromatic rings. The second-order valence-corrected chi connectivity index (χ2v) is 7.72. The van der Waals surface area contributed by atoms with E-state index in [9.17, 15) is 9.59 Å². The third kappa shape index (κ3) is 5.24. The third-order valence-electron chi connectivity index (χ3n) is 5.63. The van der Waals surface area contributed by atoms with Crippen molar-refractivity contribution in [2.45, 2.75) is 13.0 Å². The summed E-state index contributed by atoms with van der Waals surface area (Å²) in [5.41, 5.74) is 2.68. The molecule has 1 aromatic heterocycles. The summed E-state index contributed by atoms with van der Waals surface area (Å²) in [6, 6.07) is 15.5. The Hall–Kier alpha value is -3.32. The van der Waals surface area contributed by atoms with E-state index in [1.54, 1.807) is 13.4 Å². The first-order valence-electron chi connectivity index (χ1n) is 10.5. The highest BCUT2D eigenvalue weighted by atomic mass is 16.5. The van der Waals surface area contributed by atoms with Gasteiger partial charge in [-0.15, -0.1) is 0 Å². The molecule has 2 aromatic carbocycles. The molecule has 0 radical (unpaired) electrons. The zero-order valence-electron chi connectivity index (χ0n) is 17.7. The zero-order chi connectivity index (χ0) is 21.6. The van der Waals surface area contributed by atoms with Crippen LogP contribution in [0.3, 0.4) is 0 Å². The summed E-state index contributed by atoms with van der Waals surface area (Å²) in [6.07, 6.45) is 1.95. The number of amides is 2. The van der Waals surface area contributed by atoms with Crippen LogP contribution in [-0.2, 0) is 22.6 Å². The Kier molecular flexibility index (Phi) is 6.52. The number of carbonyl (C=O) groups excluding carboxylic acids is 2. The average molecular weight is 421 g/mol. The molecule has 7 nitrogen and oxygen atoms in total. The number of nitrogens with zero attached hydrogens (tertiary/aromatic N) is 2. The molecule has 4 rings (SSSR count). The Morgan fingerprint density at radius 2 is 1.84 bits per heavy atom. The lowest BCUT2D eigenvalue weighted by Crippen LogP contribution is -2.51. The maximum atomic E-state index is 12.8. The van der Waals surface area contributed by atoms with Crippen LogP contribution in [0.2, 0.25) is 0 Å². The van der Waals surface area contributed by atoms with Crippen LogP contribution >= 0.6 is 0 Å². The van der Waals surface area contributed by atoms with Crippen LogP contribution in [-0.4, -0.2) is 61.4 Å². The van der Waals surface area contributed by atoms with Gasteiger partial charge in [0.2, 0.25) is 11.8 Å². The minimum atomic E-state index is 0.00363. The maximum Gasteiger partial charge on any atom is 0.234 e. The fraction of sp³-hybridized carbons (Fsp3) is 0.333. The van der Waals surface area contributed by atoms with Crippen molar-refractivity contribution in [1.82, 2.24) is 15.1 Å². The van der Waals surface area contributed by atoms with Crippen molar-refractivity contribution < 1.29 is 18.7 Å². The molecule has 0 bridgehead atoms. The van der Waals surface area contributed by atoms with Crippen LogP contribution in [0, 0.1) is 0 Å². The van der Waals surface area contributed by atoms with Crippen LogP contribution in [0.1, 0.15) is 11.1 Å². The normalized spacial score (nSPS) is 14.5. The first kappa shape index (κ1) is 20.9. The summed E-state index contributed by atoms with van der Waals surface area (Å²) in [5.74, 6) is 0.805. The van der Waals surface area contributed by atoms with E-state index in [0.29, 0.717) is 51.3 Å². The Labute approximate surface area is 181 Å². The van der Waals surface area contributed by atoms with Crippen molar-refractivity contribution in [2.24, 2.45) is 0 Å². The highest BCUT2D eigenvalue weighted by Crippen LogP contribution is 2.26. The standard InChI is InChI=1S/C24H27N3O4/c1-30-20-7-8-21-19(17-31-22(21)14-20)13-24(29)27-11-9-26(10-12-27)16-23(28)25-15-18-5-3-2-4-6-18/h2-8,14,17H,9-13,15-16H2,1H3,(H,25,28). The topological polar surface area (TPSA) is 75.0 Å². The molecule has 1 aliphatic rings. The monoisotopic (exact) mass is 421 g/mol. The highest BCUT2D eigenvalue weighted by Gasteiger charge is 2.23. The van der Waals surface area contributed by atoms with Crippen LogP contribution in [0.15, 0.2) is 59.2 Å². The summed E-state index contributed by atoms with van der Waals surface area (Å²) >= 11 is 0. The van der Waals surface area contributed by atoms with Gasteiger partial charge in [-0.3, -0.25) is 14.5 Å². The molecule has 0 atom stereocenters. The van der Waals surface area contributed by atoms with Crippen molar-refractivity contribution >= 4 is 22.8 Å². The molecule has 0 unspecified atom stereocenters. The fourth-order valence-corrected chi connectivity index (χ4v) is 3.81. The van der Waals surface area contributed by atoms with Gasteiger partial charge in [0.1, 0.15) is 11.3 Å². The van der Waals surface area contributed by atoms with Gasteiger partial charge in [0.15, 0.2) is 0 Å². The van der Waals surface area contributed by atoms with Crippen molar-refractivity contribution in [3.05, 3.63) is 65.9 Å². The van der Waals surface area contributed by atoms with Gasteiger partial charge in [0, 0.05) is 49.7 Å². The molecule has 1 fully saturated rings. The molecule has 162 valence electrons. The van der Waals surface area contributed by atoms with Gasteiger partial charge >= 0.3 is 0 Å². The first-order valence-corrected chi connectivity index (χ1v) is 10.5. The van der Waals surface area contributed by atoms with Crippen LogP contribution in [0.25, 0.3) is 11.0 Å². The number of hydrogen-bond donors (Lipinski definition) is 1. The Balaban J connectivity index is 1.24. The smallest absolute Gasteiger partial charge is 0.234 e. The molecular formula is C24H27N3O4. The molecule has 1 saturated heterocycles. The number of carbonyl (C=O) groups is 2. The van der Waals surface area contributed by atoms with E-state index in [1.807, 2.05) is 53.4 Å². The molecule has 7 heteroatoms. The predicted molar refractivity (Wildman–Crippen MR) is 118 cm³/mol. The lowest BCUT2D eigenvalue weighted by Gasteiger charge is -2.34. The number of fused-ring (bicyclic) bond motifs is 1. The number of methoxy groups -OCH3 is 1. The molecule has 2 heterocycles. The lowest BCUT2D eigenvalue weighted by atomic mass is 10.1. The number of hydrogen-bond acceptors (Lipinski definition) is 5. The summed E-state index contributed by atoms with van der Waals surface area (Å²) in [5, 5.41) is 3.89. The summed E-state index contributed by atoms with van der Waals surface area (Å²) in [6.45, 7) is 3.50. The van der Waals surface area contributed by atoms with E-state index in [4.69, 9.17) is 9.15 Å². The molecular weight excluding hydrogens is 394 g/mol. The van der Waals surface area contributed by atoms with Crippen LogP contribution < -0.4 is 10.1 Å². The number of rotatable bonds is 7. The van der Waals surface area contributed by atoms with E-state index >= 15 is 0 Å². The molecule has 31 heavy (non-hydrogen) atoms. The first-order chi connectivity index (χ1) is 15.1. The zero-order valence-corrected chi connectivity index (χ0v) is 17.7. The SMILES string of the molecule is COc1ccc2c(CC(=O)N3CCN(CC(=O)NCc4ccccc4)CC3)coc2c1. The van der Waals surface area contributed by atoms with Crippen molar-refractivity contribution in [1.29, 1.82) is 0 Å². The minimum absolute atomic E-state index is 0.00363. The van der Waals surface area contributed by atoms with E-state index in [-0.39, 0.29) is 11.8 Å². The molecule has 0 aliphatic carbocycles. The molecule has 0 saturated carbocycles. The van der Waals surface area contributed by atoms with Gasteiger partial charge in [-0.25, -0.2) is 0 Å². The third-order valence-corrected chi connectivity index (χ3v) is 5.63. The van der Waals surface area contributed by atoms with E-state index in [0.717, 1.165) is 22.3 Å². The molecule has 1 N–H and O–H groups in total. The second kappa shape index (κ2) is 9.66. The Bertz CT molecular complexity index is 1040. The quantitative estimate of drug-likeness (QED) is 0.634. The van der Waals surface area contributed by atoms with Crippen molar-refractivity contribution in [3.63, 3.8) is 0 Å². The van der Waals surface area contributed by atoms with Gasteiger partial charge in [0.05, 0.1) is 26.3 Å². The molecule has 0 spiro atoms. The highest BCUT2D eigenvalue weighted by molar-refractivity contribution is 5.88. The summed E-state index contributed by atoms with van der Waals surface area (Å²) < 4.78 is 10.8. The molecule has 1 aliphatic heterocycles. The van der Waals surface area contributed by atoms with Crippen molar-refractivity contribution in [2.75, 3.05) is 39.8 Å². The van der Waals surface area contributed by atoms with E-state index in [2.05, 4.69) is 10.2 Å². The Morgan fingerprint density at radius 3 is 2.58 bits per heavy atom. The summed E-state index contributed by atoms with van der Waals surface area (Å²) in [7, 11) is 1.61.